The van der Waals surface area contributed by atoms with Crippen LogP contribution >= 0.6 is 0 Å². The number of nitrogens with zero attached hydrogens (tertiary/aromatic N) is 1. The van der Waals surface area contributed by atoms with E-state index < -0.39 is 0 Å². The van der Waals surface area contributed by atoms with E-state index in [4.69, 9.17) is 4.74 Å². The molecule has 0 radical (unpaired) electrons. The van der Waals surface area contributed by atoms with E-state index in [0.717, 1.165) is 45.4 Å². The van der Waals surface area contributed by atoms with Crippen LogP contribution in [0.2, 0.25) is 0 Å². The monoisotopic (exact) mass is 346 g/mol. The molecule has 1 aromatic rings. The number of nitrogens with one attached hydrogen (secondary N) is 1. The van der Waals surface area contributed by atoms with E-state index in [2.05, 4.69) is 22.3 Å². The van der Waals surface area contributed by atoms with E-state index >= 15 is 0 Å². The first-order valence-electron chi connectivity index (χ1n) is 9.51. The fourth-order valence-electron chi connectivity index (χ4n) is 3.87. The van der Waals surface area contributed by atoms with Gasteiger partial charge in [-0.2, -0.15) is 0 Å². The zero-order valence-corrected chi connectivity index (χ0v) is 14.9. The Balaban J connectivity index is 1.41. The summed E-state index contributed by atoms with van der Waals surface area (Å²) in [7, 11) is 0. The Kier molecular flexibility index (Phi) is 6.84. The summed E-state index contributed by atoms with van der Waals surface area (Å²) >= 11 is 0. The molecule has 0 spiro atoms. The molecule has 2 heterocycles. The SMILES string of the molecule is O=C(CCC1CCOCC1)NCC1CC(O)CN1Cc1ccccc1. The van der Waals surface area contributed by atoms with Gasteiger partial charge >= 0.3 is 0 Å². The molecule has 2 fully saturated rings. The summed E-state index contributed by atoms with van der Waals surface area (Å²) in [6, 6.07) is 10.5. The fraction of sp³-hybridized carbons (Fsp3) is 0.650. The van der Waals surface area contributed by atoms with Crippen molar-refractivity contribution in [1.29, 1.82) is 0 Å². The zero-order chi connectivity index (χ0) is 17.5. The first kappa shape index (κ1) is 18.4. The molecule has 2 atom stereocenters. The first-order chi connectivity index (χ1) is 12.2. The summed E-state index contributed by atoms with van der Waals surface area (Å²) in [6.07, 6.45) is 4.13. The molecule has 0 aromatic heterocycles. The van der Waals surface area contributed by atoms with Crippen LogP contribution in [0.25, 0.3) is 0 Å². The second kappa shape index (κ2) is 9.32. The summed E-state index contributed by atoms with van der Waals surface area (Å²) in [6.45, 7) is 3.79. The van der Waals surface area contributed by atoms with Gasteiger partial charge in [-0.1, -0.05) is 30.3 Å². The molecule has 5 nitrogen and oxygen atoms in total. The maximum atomic E-state index is 12.2. The van der Waals surface area contributed by atoms with Crippen molar-refractivity contribution in [1.82, 2.24) is 10.2 Å². The van der Waals surface area contributed by atoms with Crippen molar-refractivity contribution < 1.29 is 14.6 Å². The maximum absolute atomic E-state index is 12.2. The summed E-state index contributed by atoms with van der Waals surface area (Å²) in [5.74, 6) is 0.759. The van der Waals surface area contributed by atoms with E-state index in [0.29, 0.717) is 25.4 Å². The molecule has 5 heteroatoms. The lowest BCUT2D eigenvalue weighted by Crippen LogP contribution is -2.39. The Morgan fingerprint density at radius 1 is 1.24 bits per heavy atom. The molecule has 2 N–H and O–H groups in total. The third kappa shape index (κ3) is 5.80. The van der Waals surface area contributed by atoms with Crippen LogP contribution in [0.3, 0.4) is 0 Å². The van der Waals surface area contributed by atoms with Crippen molar-refractivity contribution in [3.63, 3.8) is 0 Å². The quantitative estimate of drug-likeness (QED) is 0.792. The molecule has 1 aromatic carbocycles. The van der Waals surface area contributed by atoms with E-state index in [-0.39, 0.29) is 18.1 Å². The number of carbonyl (C=O) groups is 1. The fourth-order valence-corrected chi connectivity index (χ4v) is 3.87. The second-order valence-corrected chi connectivity index (χ2v) is 7.36. The Morgan fingerprint density at radius 2 is 2.00 bits per heavy atom. The average Bonchev–Trinajstić information content (AvgIpc) is 2.99. The molecule has 2 aliphatic heterocycles. The zero-order valence-electron chi connectivity index (χ0n) is 14.9. The molecule has 3 rings (SSSR count). The van der Waals surface area contributed by atoms with Crippen LogP contribution in [0, 0.1) is 5.92 Å². The van der Waals surface area contributed by atoms with Gasteiger partial charge in [0.15, 0.2) is 0 Å². The normalized spacial score (nSPS) is 25.2. The Hall–Kier alpha value is -1.43. The predicted octanol–water partition coefficient (Wildman–Crippen LogP) is 1.94. The minimum Gasteiger partial charge on any atom is -0.392 e. The highest BCUT2D eigenvalue weighted by molar-refractivity contribution is 5.75. The van der Waals surface area contributed by atoms with Crippen LogP contribution in [0.1, 0.15) is 37.7 Å². The largest absolute Gasteiger partial charge is 0.392 e. The number of likely N-dealkylation sites (tertiary alicyclic amines) is 1. The molecule has 0 aliphatic carbocycles. The number of hydrogen-bond donors (Lipinski definition) is 2. The van der Waals surface area contributed by atoms with Crippen LogP contribution in [-0.2, 0) is 16.1 Å². The molecule has 2 saturated heterocycles. The van der Waals surface area contributed by atoms with Crippen LogP contribution in [0.15, 0.2) is 30.3 Å². The van der Waals surface area contributed by atoms with Gasteiger partial charge in [-0.3, -0.25) is 9.69 Å². The van der Waals surface area contributed by atoms with Crippen LogP contribution < -0.4 is 5.32 Å². The number of β-amino-alcohol motifs (C(OH)–C–C–N with tert-alkyl or cyclic N) is 1. The molecule has 0 saturated carbocycles. The van der Waals surface area contributed by atoms with Crippen molar-refractivity contribution >= 4 is 5.91 Å². The van der Waals surface area contributed by atoms with Crippen molar-refractivity contribution in [2.75, 3.05) is 26.3 Å². The minimum atomic E-state index is -0.298. The van der Waals surface area contributed by atoms with Gasteiger partial charge < -0.3 is 15.2 Å². The predicted molar refractivity (Wildman–Crippen MR) is 97.1 cm³/mol. The van der Waals surface area contributed by atoms with Crippen molar-refractivity contribution in [2.45, 2.75) is 50.8 Å². The number of carbonyl (C=O) groups excluding carboxylic acids is 1. The highest BCUT2D eigenvalue weighted by atomic mass is 16.5. The summed E-state index contributed by atoms with van der Waals surface area (Å²) in [5, 5.41) is 13.1. The Bertz CT molecular complexity index is 531. The maximum Gasteiger partial charge on any atom is 0.220 e. The van der Waals surface area contributed by atoms with E-state index in [1.807, 2.05) is 18.2 Å². The smallest absolute Gasteiger partial charge is 0.220 e. The van der Waals surface area contributed by atoms with Crippen molar-refractivity contribution in [3.8, 4) is 0 Å². The van der Waals surface area contributed by atoms with Gasteiger partial charge in [-0.25, -0.2) is 0 Å². The topological polar surface area (TPSA) is 61.8 Å². The van der Waals surface area contributed by atoms with Crippen molar-refractivity contribution in [2.24, 2.45) is 5.92 Å². The van der Waals surface area contributed by atoms with E-state index in [9.17, 15) is 9.90 Å². The number of aliphatic hydroxyl groups excluding tert-OH is 1. The molecular formula is C20H30N2O3. The number of amides is 1. The van der Waals surface area contributed by atoms with Gasteiger partial charge in [0, 0.05) is 45.3 Å². The molecule has 0 bridgehead atoms. The number of ether oxygens (including phenoxy) is 1. The molecule has 1 amide bonds. The number of benzene rings is 1. The van der Waals surface area contributed by atoms with Gasteiger partial charge in [0.2, 0.25) is 5.91 Å². The van der Waals surface area contributed by atoms with Crippen LogP contribution in [-0.4, -0.2) is 54.4 Å². The lowest BCUT2D eigenvalue weighted by atomic mass is 9.95. The van der Waals surface area contributed by atoms with Crippen LogP contribution in [0.5, 0.6) is 0 Å². The molecule has 2 aliphatic rings. The van der Waals surface area contributed by atoms with Gasteiger partial charge in [-0.15, -0.1) is 0 Å². The lowest BCUT2D eigenvalue weighted by molar-refractivity contribution is -0.121. The van der Waals surface area contributed by atoms with E-state index in [1.54, 1.807) is 0 Å². The standard InChI is InChI=1S/C20H30N2O3/c23-19-12-18(22(15-19)14-17-4-2-1-3-5-17)13-21-20(24)7-6-16-8-10-25-11-9-16/h1-5,16,18-19,23H,6-15H2,(H,21,24). The van der Waals surface area contributed by atoms with Crippen molar-refractivity contribution in [3.05, 3.63) is 35.9 Å². The van der Waals surface area contributed by atoms with Crippen LogP contribution in [0.4, 0.5) is 0 Å². The Labute approximate surface area is 150 Å². The summed E-state index contributed by atoms with van der Waals surface area (Å²) in [4.78, 5) is 14.4. The van der Waals surface area contributed by atoms with Gasteiger partial charge in [0.05, 0.1) is 6.10 Å². The highest BCUT2D eigenvalue weighted by Crippen LogP contribution is 2.21. The second-order valence-electron chi connectivity index (χ2n) is 7.36. The summed E-state index contributed by atoms with van der Waals surface area (Å²) < 4.78 is 5.36. The third-order valence-corrected chi connectivity index (χ3v) is 5.39. The average molecular weight is 346 g/mol. The summed E-state index contributed by atoms with van der Waals surface area (Å²) in [5.41, 5.74) is 1.24. The highest BCUT2D eigenvalue weighted by Gasteiger charge is 2.30. The number of rotatable bonds is 7. The molecule has 138 valence electrons. The Morgan fingerprint density at radius 3 is 2.76 bits per heavy atom. The number of aliphatic hydroxyl groups is 1. The van der Waals surface area contributed by atoms with Gasteiger partial charge in [0.25, 0.3) is 0 Å². The van der Waals surface area contributed by atoms with Gasteiger partial charge in [-0.05, 0) is 37.2 Å². The van der Waals surface area contributed by atoms with Gasteiger partial charge in [0.1, 0.15) is 0 Å². The third-order valence-electron chi connectivity index (χ3n) is 5.39. The number of hydrogen-bond acceptors (Lipinski definition) is 4. The molecular weight excluding hydrogens is 316 g/mol. The molecule has 25 heavy (non-hydrogen) atoms. The first-order valence-corrected chi connectivity index (χ1v) is 9.51. The lowest BCUT2D eigenvalue weighted by Gasteiger charge is -2.25. The minimum absolute atomic E-state index is 0.132. The van der Waals surface area contributed by atoms with E-state index in [1.165, 1.54) is 5.56 Å². The molecule has 2 unspecified atom stereocenters.